The van der Waals surface area contributed by atoms with Gasteiger partial charge in [0.25, 0.3) is 0 Å². The van der Waals surface area contributed by atoms with Crippen LogP contribution in [0.5, 0.6) is 0 Å². The molecule has 1 aliphatic heterocycles. The van der Waals surface area contributed by atoms with Crippen LogP contribution in [0.15, 0.2) is 16.6 Å². The van der Waals surface area contributed by atoms with Gasteiger partial charge in [0.1, 0.15) is 5.82 Å². The second-order valence-corrected chi connectivity index (χ2v) is 4.23. The third-order valence-corrected chi connectivity index (χ3v) is 3.05. The predicted octanol–water partition coefficient (Wildman–Crippen LogP) is 3.15. The molecular weight excluding hydrogens is 307 g/mol. The smallest absolute Gasteiger partial charge is 0.340 e. The lowest BCUT2D eigenvalue weighted by Crippen LogP contribution is -1.94. The van der Waals surface area contributed by atoms with Crippen LogP contribution in [-0.4, -0.2) is 5.97 Å². The molecule has 1 atom stereocenters. The van der Waals surface area contributed by atoms with Gasteiger partial charge in [-0.15, -0.1) is 0 Å². The first kappa shape index (κ1) is 9.15. The Morgan fingerprint density at radius 3 is 2.85 bits per heavy atom. The van der Waals surface area contributed by atoms with Crippen molar-refractivity contribution in [3.05, 3.63) is 33.5 Å². The van der Waals surface area contributed by atoms with Gasteiger partial charge in [-0.1, -0.05) is 0 Å². The van der Waals surface area contributed by atoms with Gasteiger partial charge in [-0.05, 0) is 44.0 Å². The fourth-order valence-corrected chi connectivity index (χ4v) is 2.15. The largest absolute Gasteiger partial charge is 0.442 e. The van der Waals surface area contributed by atoms with E-state index in [0.717, 1.165) is 0 Å². The Morgan fingerprint density at radius 1 is 1.46 bits per heavy atom. The van der Waals surface area contributed by atoms with Crippen LogP contribution in [0.1, 0.15) is 20.9 Å². The Kier molecular flexibility index (Phi) is 2.15. The van der Waals surface area contributed by atoms with E-state index in [-0.39, 0.29) is 11.1 Å². The van der Waals surface area contributed by atoms with Gasteiger partial charge in [0.15, 0.2) is 5.01 Å². The topological polar surface area (TPSA) is 26.3 Å². The van der Waals surface area contributed by atoms with Gasteiger partial charge in [0.2, 0.25) is 0 Å². The zero-order chi connectivity index (χ0) is 9.59. The lowest BCUT2D eigenvalue weighted by molar-refractivity contribution is 0.0529. The molecule has 13 heavy (non-hydrogen) atoms. The molecule has 0 radical (unpaired) electrons. The maximum atomic E-state index is 13.4. The minimum Gasteiger partial charge on any atom is -0.442 e. The number of alkyl halides is 1. The molecule has 0 fully saturated rings. The minimum atomic E-state index is -0.674. The number of halogens is 3. The highest BCUT2D eigenvalue weighted by molar-refractivity contribution is 9.10. The number of rotatable bonds is 0. The van der Waals surface area contributed by atoms with Gasteiger partial charge in [0, 0.05) is 0 Å². The van der Waals surface area contributed by atoms with Gasteiger partial charge in [-0.2, -0.15) is 0 Å². The Labute approximate surface area is 90.3 Å². The molecule has 0 amide bonds. The summed E-state index contributed by atoms with van der Waals surface area (Å²) in [4.78, 5) is 11.1. The second-order valence-electron chi connectivity index (χ2n) is 2.54. The molecule has 0 aromatic heterocycles. The van der Waals surface area contributed by atoms with Gasteiger partial charge in [0.05, 0.1) is 15.6 Å². The molecule has 0 bridgehead atoms. The van der Waals surface area contributed by atoms with Crippen molar-refractivity contribution < 1.29 is 13.9 Å². The molecule has 1 aromatic carbocycles. The van der Waals surface area contributed by atoms with Crippen molar-refractivity contribution >= 4 is 37.8 Å². The van der Waals surface area contributed by atoms with Gasteiger partial charge >= 0.3 is 5.97 Å². The molecule has 0 saturated heterocycles. The number of esters is 1. The molecule has 0 N–H and O–H groups in total. The first-order valence-corrected chi connectivity index (χ1v) is 5.15. The summed E-state index contributed by atoms with van der Waals surface area (Å²) in [6, 6.07) is 3.02. The molecule has 68 valence electrons. The summed E-state index contributed by atoms with van der Waals surface area (Å²) in [5, 5.41) is -0.674. The van der Waals surface area contributed by atoms with Gasteiger partial charge in [-0.25, -0.2) is 9.18 Å². The second kappa shape index (κ2) is 3.06. The average molecular weight is 310 g/mol. The number of carbonyl (C=O) groups is 1. The number of benzene rings is 1. The summed E-state index contributed by atoms with van der Waals surface area (Å²) in [5.41, 5.74) is 0.543. The Balaban J connectivity index is 2.70. The first-order chi connectivity index (χ1) is 6.11. The van der Waals surface area contributed by atoms with Crippen molar-refractivity contribution in [2.75, 3.05) is 0 Å². The maximum Gasteiger partial charge on any atom is 0.340 e. The van der Waals surface area contributed by atoms with Crippen molar-refractivity contribution in [1.29, 1.82) is 0 Å². The summed E-state index contributed by atoms with van der Waals surface area (Å²) in [6.07, 6.45) is 0. The zero-order valence-electron chi connectivity index (χ0n) is 6.18. The quantitative estimate of drug-likeness (QED) is 0.543. The molecule has 1 unspecified atom stereocenters. The highest BCUT2D eigenvalue weighted by atomic mass is 79.9. The van der Waals surface area contributed by atoms with Crippen LogP contribution in [-0.2, 0) is 4.74 Å². The molecule has 5 heteroatoms. The van der Waals surface area contributed by atoms with Crippen molar-refractivity contribution in [3.8, 4) is 0 Å². The fraction of sp³-hybridized carbons (Fsp3) is 0.125. The van der Waals surface area contributed by atoms with Crippen LogP contribution < -0.4 is 0 Å². The van der Waals surface area contributed by atoms with E-state index in [1.807, 2.05) is 0 Å². The van der Waals surface area contributed by atoms with Crippen LogP contribution in [0.4, 0.5) is 4.39 Å². The van der Waals surface area contributed by atoms with Crippen molar-refractivity contribution in [2.45, 2.75) is 5.01 Å². The molecular formula is C8H3Br2FO2. The lowest BCUT2D eigenvalue weighted by atomic mass is 10.1. The van der Waals surface area contributed by atoms with Crippen LogP contribution in [0.3, 0.4) is 0 Å². The minimum absolute atomic E-state index is 0.263. The maximum absolute atomic E-state index is 13.4. The van der Waals surface area contributed by atoms with Crippen molar-refractivity contribution in [3.63, 3.8) is 0 Å². The van der Waals surface area contributed by atoms with E-state index in [4.69, 9.17) is 4.74 Å². The first-order valence-electron chi connectivity index (χ1n) is 3.44. The van der Waals surface area contributed by atoms with Crippen molar-refractivity contribution in [2.24, 2.45) is 0 Å². The van der Waals surface area contributed by atoms with E-state index >= 15 is 0 Å². The number of fused-ring (bicyclic) bond motifs is 1. The molecule has 1 aliphatic rings. The molecule has 0 saturated carbocycles. The van der Waals surface area contributed by atoms with Gasteiger partial charge < -0.3 is 4.74 Å². The molecule has 2 nitrogen and oxygen atoms in total. The zero-order valence-corrected chi connectivity index (χ0v) is 9.35. The standard InChI is InChI=1S/C8H3Br2FO2/c9-4-2-1-3-5(6(4)11)7(10)13-8(3)12/h1-2,7H. The highest BCUT2D eigenvalue weighted by Crippen LogP contribution is 2.38. The molecule has 1 heterocycles. The van der Waals surface area contributed by atoms with E-state index in [9.17, 15) is 9.18 Å². The Bertz CT molecular complexity index is 392. The number of hydrogen-bond acceptors (Lipinski definition) is 2. The normalized spacial score (nSPS) is 19.9. The predicted molar refractivity (Wildman–Crippen MR) is 51.2 cm³/mol. The van der Waals surface area contributed by atoms with Gasteiger partial charge in [-0.3, -0.25) is 0 Å². The summed E-state index contributed by atoms with van der Waals surface area (Å²) in [5.74, 6) is -0.950. The third-order valence-electron chi connectivity index (χ3n) is 1.79. The fourth-order valence-electron chi connectivity index (χ4n) is 1.18. The average Bonchev–Trinajstić information content (AvgIpc) is 2.35. The van der Waals surface area contributed by atoms with Crippen LogP contribution >= 0.6 is 31.9 Å². The summed E-state index contributed by atoms with van der Waals surface area (Å²) >= 11 is 6.09. The van der Waals surface area contributed by atoms with E-state index in [2.05, 4.69) is 31.9 Å². The summed E-state index contributed by atoms with van der Waals surface area (Å²) < 4.78 is 18.5. The van der Waals surface area contributed by atoms with E-state index in [0.29, 0.717) is 4.47 Å². The SMILES string of the molecule is O=C1OC(Br)c2c1ccc(Br)c2F. The number of carbonyl (C=O) groups excluding carboxylic acids is 1. The highest BCUT2D eigenvalue weighted by Gasteiger charge is 2.32. The van der Waals surface area contributed by atoms with Crippen molar-refractivity contribution in [1.82, 2.24) is 0 Å². The van der Waals surface area contributed by atoms with E-state index in [1.165, 1.54) is 12.1 Å². The van der Waals surface area contributed by atoms with E-state index < -0.39 is 16.8 Å². The number of hydrogen-bond donors (Lipinski definition) is 0. The molecule has 2 rings (SSSR count). The molecule has 0 aliphatic carbocycles. The van der Waals surface area contributed by atoms with Crippen LogP contribution in [0, 0.1) is 5.82 Å². The molecule has 0 spiro atoms. The summed E-state index contributed by atoms with van der Waals surface area (Å²) in [6.45, 7) is 0. The monoisotopic (exact) mass is 308 g/mol. The van der Waals surface area contributed by atoms with Crippen LogP contribution in [0.2, 0.25) is 0 Å². The number of ether oxygens (including phenoxy) is 1. The van der Waals surface area contributed by atoms with Crippen LogP contribution in [0.25, 0.3) is 0 Å². The van der Waals surface area contributed by atoms with E-state index in [1.54, 1.807) is 0 Å². The Hall–Kier alpha value is -0.420. The summed E-state index contributed by atoms with van der Waals surface area (Å²) in [7, 11) is 0. The third kappa shape index (κ3) is 1.30. The number of cyclic esters (lactones) is 1. The molecule has 1 aromatic rings. The Morgan fingerprint density at radius 2 is 2.15 bits per heavy atom. The lowest BCUT2D eigenvalue weighted by Gasteiger charge is -2.02.